The lowest BCUT2D eigenvalue weighted by atomic mass is 10.2. The Morgan fingerprint density at radius 2 is 2.27 bits per heavy atom. The second-order valence-electron chi connectivity index (χ2n) is 4.95. The molecule has 0 saturated heterocycles. The largest absolute Gasteiger partial charge is 0.299 e. The maximum Gasteiger partial charge on any atom is 0.288 e. The van der Waals surface area contributed by atoms with Gasteiger partial charge in [-0.1, -0.05) is 29.7 Å². The molecular weight excluding hydrogens is 382 g/mol. The summed E-state index contributed by atoms with van der Waals surface area (Å²) in [5.74, 6) is -0.359. The summed E-state index contributed by atoms with van der Waals surface area (Å²) in [4.78, 5) is 23.5. The van der Waals surface area contributed by atoms with E-state index in [0.29, 0.717) is 12.1 Å². The quantitative estimate of drug-likeness (QED) is 0.329. The maximum absolute atomic E-state index is 11.9. The predicted molar refractivity (Wildman–Crippen MR) is 99.6 cm³/mol. The van der Waals surface area contributed by atoms with Gasteiger partial charge >= 0.3 is 0 Å². The Morgan fingerprint density at radius 1 is 1.50 bits per heavy atom. The van der Waals surface area contributed by atoms with Crippen molar-refractivity contribution in [1.29, 1.82) is 0 Å². The van der Waals surface area contributed by atoms with Crippen molar-refractivity contribution in [3.05, 3.63) is 45.0 Å². The van der Waals surface area contributed by atoms with Crippen LogP contribution in [-0.4, -0.2) is 36.2 Å². The van der Waals surface area contributed by atoms with Crippen LogP contribution in [0, 0.1) is 10.1 Å². The minimum absolute atomic E-state index is 0.00205. The molecule has 0 aliphatic heterocycles. The molecule has 0 saturated carbocycles. The molecule has 0 fully saturated rings. The monoisotopic (exact) mass is 395 g/mol. The van der Waals surface area contributed by atoms with Gasteiger partial charge < -0.3 is 0 Å². The fourth-order valence-corrected chi connectivity index (χ4v) is 2.20. The number of nitro groups is 1. The van der Waals surface area contributed by atoms with Crippen LogP contribution in [0.2, 0.25) is 5.02 Å². The van der Waals surface area contributed by atoms with Crippen molar-refractivity contribution < 1.29 is 9.72 Å². The van der Waals surface area contributed by atoms with Crippen LogP contribution in [0.25, 0.3) is 6.08 Å². The van der Waals surface area contributed by atoms with Crippen LogP contribution in [0.4, 0.5) is 11.6 Å². The van der Waals surface area contributed by atoms with Crippen LogP contribution in [0.1, 0.15) is 18.9 Å². The summed E-state index contributed by atoms with van der Waals surface area (Å²) < 4.78 is 0. The third-order valence-corrected chi connectivity index (χ3v) is 3.46. The van der Waals surface area contributed by atoms with E-state index in [9.17, 15) is 14.9 Å². The first-order valence-electron chi connectivity index (χ1n) is 7.41. The molecule has 0 bridgehead atoms. The minimum atomic E-state index is -0.600. The standard InChI is InChI=1S/C14H14ClN7O3S/c1-2-7-21-19-13(18-20-21)17-14(26)16-12(23)6-4-9-3-5-10(15)11(8-9)22(24)25/h3-6,8H,2,7H2,1H3,(H2,16,17,19,23,26). The van der Waals surface area contributed by atoms with Crippen LogP contribution in [0.3, 0.4) is 0 Å². The van der Waals surface area contributed by atoms with Crippen LogP contribution in [0.5, 0.6) is 0 Å². The van der Waals surface area contributed by atoms with Gasteiger partial charge in [0.05, 0.1) is 11.5 Å². The number of aryl methyl sites for hydroxylation is 1. The summed E-state index contributed by atoms with van der Waals surface area (Å²) in [5.41, 5.74) is 0.201. The second-order valence-corrected chi connectivity index (χ2v) is 5.77. The van der Waals surface area contributed by atoms with E-state index in [0.717, 1.165) is 6.42 Å². The summed E-state index contributed by atoms with van der Waals surface area (Å²) in [6.45, 7) is 2.59. The number of aromatic nitrogens is 4. The van der Waals surface area contributed by atoms with E-state index in [4.69, 9.17) is 23.8 Å². The van der Waals surface area contributed by atoms with Gasteiger partial charge in [-0.3, -0.25) is 25.5 Å². The lowest BCUT2D eigenvalue weighted by molar-refractivity contribution is -0.384. The third-order valence-electron chi connectivity index (χ3n) is 2.93. The number of hydrogen-bond acceptors (Lipinski definition) is 7. The van der Waals surface area contributed by atoms with E-state index >= 15 is 0 Å². The van der Waals surface area contributed by atoms with Gasteiger partial charge in [-0.25, -0.2) is 0 Å². The average molecular weight is 396 g/mol. The first-order chi connectivity index (χ1) is 12.4. The number of thiocarbonyl (C=S) groups is 1. The predicted octanol–water partition coefficient (Wildman–Crippen LogP) is 2.17. The SMILES string of the molecule is CCCn1nnc(NC(=S)NC(=O)C=Cc2ccc(Cl)c([N+](=O)[O-])c2)n1. The summed E-state index contributed by atoms with van der Waals surface area (Å²) in [6, 6.07) is 4.19. The topological polar surface area (TPSA) is 128 Å². The second kappa shape index (κ2) is 8.97. The number of anilines is 1. The summed E-state index contributed by atoms with van der Waals surface area (Å²) in [7, 11) is 0. The van der Waals surface area contributed by atoms with Crippen LogP contribution < -0.4 is 10.6 Å². The lowest BCUT2D eigenvalue weighted by Gasteiger charge is -2.03. The Morgan fingerprint density at radius 3 is 2.96 bits per heavy atom. The van der Waals surface area contributed by atoms with Crippen molar-refractivity contribution in [3.8, 4) is 0 Å². The molecule has 10 nitrogen and oxygen atoms in total. The highest BCUT2D eigenvalue weighted by Gasteiger charge is 2.12. The van der Waals surface area contributed by atoms with Gasteiger partial charge in [0, 0.05) is 12.1 Å². The minimum Gasteiger partial charge on any atom is -0.299 e. The number of amides is 1. The van der Waals surface area contributed by atoms with Gasteiger partial charge in [0.15, 0.2) is 5.11 Å². The molecule has 0 aliphatic carbocycles. The van der Waals surface area contributed by atoms with E-state index in [1.807, 2.05) is 6.92 Å². The zero-order valence-electron chi connectivity index (χ0n) is 13.5. The Hall–Kier alpha value is -2.92. The number of nitro benzene ring substituents is 1. The number of hydrogen-bond donors (Lipinski definition) is 2. The molecule has 0 atom stereocenters. The van der Waals surface area contributed by atoms with Crippen molar-refractivity contribution in [3.63, 3.8) is 0 Å². The van der Waals surface area contributed by atoms with E-state index in [1.54, 1.807) is 6.07 Å². The molecule has 0 aliphatic rings. The van der Waals surface area contributed by atoms with Crippen molar-refractivity contribution in [2.24, 2.45) is 0 Å². The van der Waals surface area contributed by atoms with E-state index in [-0.39, 0.29) is 21.8 Å². The lowest BCUT2D eigenvalue weighted by Crippen LogP contribution is -2.33. The number of carbonyl (C=O) groups is 1. The first-order valence-corrected chi connectivity index (χ1v) is 8.19. The maximum atomic E-state index is 11.9. The fourth-order valence-electron chi connectivity index (χ4n) is 1.82. The highest BCUT2D eigenvalue weighted by molar-refractivity contribution is 7.80. The van der Waals surface area contributed by atoms with Gasteiger partial charge in [-0.15, -0.1) is 5.10 Å². The molecule has 2 N–H and O–H groups in total. The molecule has 0 spiro atoms. The van der Waals surface area contributed by atoms with Crippen molar-refractivity contribution in [1.82, 2.24) is 25.5 Å². The number of nitrogens with one attached hydrogen (secondary N) is 2. The highest BCUT2D eigenvalue weighted by Crippen LogP contribution is 2.25. The number of nitrogens with zero attached hydrogens (tertiary/aromatic N) is 5. The van der Waals surface area contributed by atoms with Crippen LogP contribution >= 0.6 is 23.8 Å². The number of carbonyl (C=O) groups excluding carboxylic acids is 1. The van der Waals surface area contributed by atoms with Gasteiger partial charge in [0.1, 0.15) is 5.02 Å². The molecule has 1 heterocycles. The molecule has 26 heavy (non-hydrogen) atoms. The van der Waals surface area contributed by atoms with Crippen LogP contribution in [-0.2, 0) is 11.3 Å². The molecule has 0 unspecified atom stereocenters. The molecule has 0 radical (unpaired) electrons. The highest BCUT2D eigenvalue weighted by atomic mass is 35.5. The Labute approximate surface area is 158 Å². The van der Waals surface area contributed by atoms with Gasteiger partial charge in [-0.05, 0) is 41.6 Å². The number of tetrazole rings is 1. The van der Waals surface area contributed by atoms with E-state index < -0.39 is 10.8 Å². The van der Waals surface area contributed by atoms with Gasteiger partial charge in [0.2, 0.25) is 5.91 Å². The molecule has 2 aromatic rings. The molecule has 1 aromatic carbocycles. The van der Waals surface area contributed by atoms with Crippen LogP contribution in [0.15, 0.2) is 24.3 Å². The van der Waals surface area contributed by atoms with Gasteiger partial charge in [0.25, 0.3) is 11.6 Å². The van der Waals surface area contributed by atoms with E-state index in [2.05, 4.69) is 26.0 Å². The number of benzene rings is 1. The van der Waals surface area contributed by atoms with Crippen molar-refractivity contribution in [2.45, 2.75) is 19.9 Å². The summed E-state index contributed by atoms with van der Waals surface area (Å²) in [5, 5.41) is 27.5. The number of halogens is 1. The van der Waals surface area contributed by atoms with Gasteiger partial charge in [-0.2, -0.15) is 4.80 Å². The smallest absolute Gasteiger partial charge is 0.288 e. The molecule has 2 rings (SSSR count). The number of rotatable bonds is 6. The first kappa shape index (κ1) is 19.4. The Bertz CT molecular complexity index is 868. The fraction of sp³-hybridized carbons (Fsp3) is 0.214. The summed E-state index contributed by atoms with van der Waals surface area (Å²) in [6.07, 6.45) is 3.43. The summed E-state index contributed by atoms with van der Waals surface area (Å²) >= 11 is 10.7. The third kappa shape index (κ3) is 5.57. The Balaban J connectivity index is 1.93. The Kier molecular flexibility index (Phi) is 6.69. The van der Waals surface area contributed by atoms with Crippen molar-refractivity contribution >= 4 is 52.6 Å². The van der Waals surface area contributed by atoms with Crippen molar-refractivity contribution in [2.75, 3.05) is 5.32 Å². The molecule has 1 amide bonds. The average Bonchev–Trinajstić information content (AvgIpc) is 3.01. The normalized spacial score (nSPS) is 10.7. The molecular formula is C14H14ClN7O3S. The molecule has 1 aromatic heterocycles. The molecule has 12 heteroatoms. The van der Waals surface area contributed by atoms with E-state index in [1.165, 1.54) is 29.1 Å². The zero-order valence-corrected chi connectivity index (χ0v) is 15.1. The molecule has 136 valence electrons. The zero-order chi connectivity index (χ0) is 19.1.